The minimum absolute atomic E-state index is 0.0227. The molecule has 3 rings (SSSR count). The van der Waals surface area contributed by atoms with Gasteiger partial charge in [-0.25, -0.2) is 13.2 Å². The van der Waals surface area contributed by atoms with Crippen LogP contribution in [0.1, 0.15) is 33.6 Å². The Balaban J connectivity index is 1.93. The van der Waals surface area contributed by atoms with E-state index in [9.17, 15) is 23.1 Å². The maximum atomic E-state index is 12.7. The quantitative estimate of drug-likeness (QED) is 0.791. The predicted octanol–water partition coefficient (Wildman–Crippen LogP) is 3.08. The smallest absolute Gasteiger partial charge is 0.337 e. The summed E-state index contributed by atoms with van der Waals surface area (Å²) in [7, 11) is -3.71. The molecule has 0 saturated carbocycles. The number of hydrogen-bond donors (Lipinski definition) is 2. The van der Waals surface area contributed by atoms with Crippen LogP contribution in [-0.2, 0) is 10.0 Å². The highest BCUT2D eigenvalue weighted by Crippen LogP contribution is 2.26. The van der Waals surface area contributed by atoms with Crippen LogP contribution in [0.5, 0.6) is 0 Å². The Labute approximate surface area is 161 Å². The second kappa shape index (κ2) is 7.67. The van der Waals surface area contributed by atoms with Crippen LogP contribution in [0.3, 0.4) is 0 Å². The summed E-state index contributed by atoms with van der Waals surface area (Å²) in [6.45, 7) is 0.886. The van der Waals surface area contributed by atoms with Gasteiger partial charge < -0.3 is 10.4 Å². The van der Waals surface area contributed by atoms with Crippen LogP contribution >= 0.6 is 11.6 Å². The highest BCUT2D eigenvalue weighted by atomic mass is 35.5. The first-order valence-corrected chi connectivity index (χ1v) is 10.1. The van der Waals surface area contributed by atoms with E-state index in [2.05, 4.69) is 5.32 Å². The normalized spacial score (nSPS) is 14.9. The molecule has 0 aliphatic carbocycles. The standard InChI is InChI=1S/C18H17ClN2O5S/c19-15-8-7-12(27(25,26)21-9-3-4-10-21)11-14(15)17(22)20-16-6-2-1-5-13(16)18(23)24/h1-2,5-8,11H,3-4,9-10H2,(H,20,22)(H,23,24). The Morgan fingerprint density at radius 3 is 2.37 bits per heavy atom. The monoisotopic (exact) mass is 408 g/mol. The molecule has 0 aromatic heterocycles. The molecule has 0 bridgehead atoms. The summed E-state index contributed by atoms with van der Waals surface area (Å²) < 4.78 is 26.8. The zero-order valence-electron chi connectivity index (χ0n) is 14.2. The van der Waals surface area contributed by atoms with Crippen LogP contribution in [0.25, 0.3) is 0 Å². The molecule has 142 valence electrons. The molecule has 2 aromatic rings. The summed E-state index contributed by atoms with van der Waals surface area (Å²) in [6, 6.07) is 9.84. The van der Waals surface area contributed by atoms with Crippen molar-refractivity contribution in [3.8, 4) is 0 Å². The molecule has 0 atom stereocenters. The minimum Gasteiger partial charge on any atom is -0.478 e. The number of carboxylic acid groups (broad SMARTS) is 1. The maximum Gasteiger partial charge on any atom is 0.337 e. The van der Waals surface area contributed by atoms with Crippen molar-refractivity contribution in [2.24, 2.45) is 0 Å². The van der Waals surface area contributed by atoms with E-state index in [0.29, 0.717) is 13.1 Å². The Morgan fingerprint density at radius 2 is 1.70 bits per heavy atom. The maximum absolute atomic E-state index is 12.7. The summed E-state index contributed by atoms with van der Waals surface area (Å²) in [5.74, 6) is -1.88. The zero-order chi connectivity index (χ0) is 19.6. The van der Waals surface area contributed by atoms with Gasteiger partial charge in [0.05, 0.1) is 26.7 Å². The van der Waals surface area contributed by atoms with Crippen molar-refractivity contribution in [2.75, 3.05) is 18.4 Å². The molecule has 0 radical (unpaired) electrons. The third-order valence-corrected chi connectivity index (χ3v) is 6.52. The molecule has 1 fully saturated rings. The lowest BCUT2D eigenvalue weighted by Gasteiger charge is -2.16. The van der Waals surface area contributed by atoms with Gasteiger partial charge in [0.1, 0.15) is 0 Å². The second-order valence-corrected chi connectivity index (χ2v) is 8.40. The highest BCUT2D eigenvalue weighted by Gasteiger charge is 2.28. The molecule has 2 N–H and O–H groups in total. The van der Waals surface area contributed by atoms with Gasteiger partial charge in [0.2, 0.25) is 10.0 Å². The van der Waals surface area contributed by atoms with E-state index in [1.165, 1.54) is 40.7 Å². The topological polar surface area (TPSA) is 104 Å². The van der Waals surface area contributed by atoms with Crippen molar-refractivity contribution in [2.45, 2.75) is 17.7 Å². The van der Waals surface area contributed by atoms with Crippen molar-refractivity contribution < 1.29 is 23.1 Å². The largest absolute Gasteiger partial charge is 0.478 e. The first-order chi connectivity index (χ1) is 12.8. The molecule has 1 aliphatic heterocycles. The van der Waals surface area contributed by atoms with Crippen molar-refractivity contribution >= 4 is 39.2 Å². The number of carboxylic acids is 1. The number of anilines is 1. The lowest BCUT2D eigenvalue weighted by Crippen LogP contribution is -2.28. The number of nitrogens with zero attached hydrogens (tertiary/aromatic N) is 1. The molecule has 1 amide bonds. The van der Waals surface area contributed by atoms with E-state index in [0.717, 1.165) is 12.8 Å². The van der Waals surface area contributed by atoms with Gasteiger partial charge in [0.25, 0.3) is 5.91 Å². The predicted molar refractivity (Wildman–Crippen MR) is 101 cm³/mol. The van der Waals surface area contributed by atoms with E-state index in [4.69, 9.17) is 11.6 Å². The molecule has 2 aromatic carbocycles. The molecule has 0 unspecified atom stereocenters. The molecule has 0 spiro atoms. The fraction of sp³-hybridized carbons (Fsp3) is 0.222. The van der Waals surface area contributed by atoms with Gasteiger partial charge in [0, 0.05) is 13.1 Å². The molecule has 1 saturated heterocycles. The van der Waals surface area contributed by atoms with Crippen molar-refractivity contribution in [1.82, 2.24) is 4.31 Å². The number of sulfonamides is 1. The second-order valence-electron chi connectivity index (χ2n) is 6.06. The first kappa shape index (κ1) is 19.3. The Bertz CT molecular complexity index is 1000. The first-order valence-electron chi connectivity index (χ1n) is 8.24. The number of benzene rings is 2. The molecule has 9 heteroatoms. The number of para-hydroxylation sites is 1. The van der Waals surface area contributed by atoms with E-state index in [1.54, 1.807) is 6.07 Å². The van der Waals surface area contributed by atoms with Gasteiger partial charge in [-0.3, -0.25) is 4.79 Å². The third-order valence-electron chi connectivity index (χ3n) is 4.29. The van der Waals surface area contributed by atoms with E-state index in [1.807, 2.05) is 0 Å². The number of aromatic carboxylic acids is 1. The Hall–Kier alpha value is -2.42. The lowest BCUT2D eigenvalue weighted by atomic mass is 10.1. The van der Waals surface area contributed by atoms with Crippen LogP contribution in [0, 0.1) is 0 Å². The molecule has 7 nitrogen and oxygen atoms in total. The highest BCUT2D eigenvalue weighted by molar-refractivity contribution is 7.89. The number of rotatable bonds is 5. The number of nitrogens with one attached hydrogen (secondary N) is 1. The summed E-state index contributed by atoms with van der Waals surface area (Å²) in [4.78, 5) is 23.9. The summed E-state index contributed by atoms with van der Waals surface area (Å²) in [5.41, 5.74) is -0.0289. The van der Waals surface area contributed by atoms with Crippen molar-refractivity contribution in [1.29, 1.82) is 0 Å². The zero-order valence-corrected chi connectivity index (χ0v) is 15.8. The Morgan fingerprint density at radius 1 is 1.04 bits per heavy atom. The average Bonchev–Trinajstić information content (AvgIpc) is 3.17. The Kier molecular flexibility index (Phi) is 5.50. The van der Waals surface area contributed by atoms with Gasteiger partial charge >= 0.3 is 5.97 Å². The summed E-state index contributed by atoms with van der Waals surface area (Å²) in [6.07, 6.45) is 1.60. The van der Waals surface area contributed by atoms with Crippen LogP contribution in [-0.4, -0.2) is 42.8 Å². The van der Waals surface area contributed by atoms with E-state index >= 15 is 0 Å². The summed E-state index contributed by atoms with van der Waals surface area (Å²) in [5, 5.41) is 11.8. The number of halogens is 1. The third kappa shape index (κ3) is 3.97. The number of amides is 1. The lowest BCUT2D eigenvalue weighted by molar-refractivity contribution is 0.0698. The molecule has 27 heavy (non-hydrogen) atoms. The van der Waals surface area contributed by atoms with Gasteiger partial charge in [0.15, 0.2) is 0 Å². The fourth-order valence-corrected chi connectivity index (χ4v) is 4.63. The van der Waals surface area contributed by atoms with Gasteiger partial charge in [-0.1, -0.05) is 23.7 Å². The van der Waals surface area contributed by atoms with Crippen molar-refractivity contribution in [3.63, 3.8) is 0 Å². The number of carbonyl (C=O) groups excluding carboxylic acids is 1. The van der Waals surface area contributed by atoms with Gasteiger partial charge in [-0.2, -0.15) is 4.31 Å². The fourth-order valence-electron chi connectivity index (χ4n) is 2.88. The van der Waals surface area contributed by atoms with Crippen LogP contribution in [0.15, 0.2) is 47.4 Å². The van der Waals surface area contributed by atoms with E-state index < -0.39 is 21.9 Å². The molecular weight excluding hydrogens is 392 g/mol. The molecular formula is C18H17ClN2O5S. The SMILES string of the molecule is O=C(Nc1ccccc1C(=O)O)c1cc(S(=O)(=O)N2CCCC2)ccc1Cl. The van der Waals surface area contributed by atoms with Gasteiger partial charge in [-0.15, -0.1) is 0 Å². The van der Waals surface area contributed by atoms with Crippen LogP contribution in [0.2, 0.25) is 5.02 Å². The molecule has 1 aliphatic rings. The molecule has 1 heterocycles. The summed E-state index contributed by atoms with van der Waals surface area (Å²) >= 11 is 6.08. The number of carbonyl (C=O) groups is 2. The average molecular weight is 409 g/mol. The van der Waals surface area contributed by atoms with E-state index in [-0.39, 0.29) is 26.7 Å². The van der Waals surface area contributed by atoms with Crippen molar-refractivity contribution in [3.05, 3.63) is 58.6 Å². The number of hydrogen-bond acceptors (Lipinski definition) is 4. The van der Waals surface area contributed by atoms with Crippen LogP contribution in [0.4, 0.5) is 5.69 Å². The minimum atomic E-state index is -3.71. The van der Waals surface area contributed by atoms with Crippen LogP contribution < -0.4 is 5.32 Å². The van der Waals surface area contributed by atoms with Gasteiger partial charge in [-0.05, 0) is 43.2 Å².